The van der Waals surface area contributed by atoms with Crippen LogP contribution >= 0.6 is 40.3 Å². The van der Waals surface area contributed by atoms with Crippen molar-refractivity contribution in [3.05, 3.63) is 59.1 Å². The number of hydrogen-bond donors (Lipinski definition) is 0. The van der Waals surface area contributed by atoms with Crippen molar-refractivity contribution in [2.24, 2.45) is 5.10 Å². The molecular weight excluding hydrogens is 424 g/mol. The van der Waals surface area contributed by atoms with E-state index in [2.05, 4.69) is 10.2 Å². The van der Waals surface area contributed by atoms with Crippen LogP contribution in [-0.2, 0) is 0 Å². The Morgan fingerprint density at radius 3 is 2.56 bits per heavy atom. The van der Waals surface area contributed by atoms with Gasteiger partial charge >= 0.3 is 0 Å². The molecule has 8 heteroatoms. The van der Waals surface area contributed by atoms with Crippen molar-refractivity contribution in [1.29, 1.82) is 0 Å². The first-order valence-corrected chi connectivity index (χ1v) is 8.68. The summed E-state index contributed by atoms with van der Waals surface area (Å²) in [6.45, 7) is 0. The van der Waals surface area contributed by atoms with Crippen LogP contribution < -0.4 is 4.74 Å². The van der Waals surface area contributed by atoms with Crippen molar-refractivity contribution in [2.75, 3.05) is 12.9 Å². The molecule has 1 aliphatic rings. The van der Waals surface area contributed by atoms with Crippen molar-refractivity contribution in [2.45, 2.75) is 5.16 Å². The lowest BCUT2D eigenvalue weighted by Crippen LogP contribution is -2.13. The third-order valence-corrected chi connectivity index (χ3v) is 4.97. The van der Waals surface area contributed by atoms with Gasteiger partial charge in [0.2, 0.25) is 5.16 Å². The van der Waals surface area contributed by atoms with Crippen molar-refractivity contribution < 1.29 is 4.74 Å². The van der Waals surface area contributed by atoms with E-state index in [0.717, 1.165) is 33.5 Å². The van der Waals surface area contributed by atoms with Gasteiger partial charge in [0, 0.05) is 11.3 Å². The average molecular weight is 438 g/mol. The molecule has 2 heterocycles. The molecule has 1 aliphatic heterocycles. The lowest BCUT2D eigenvalue weighted by Gasteiger charge is -2.14. The molecule has 0 unspecified atom stereocenters. The highest BCUT2D eigenvalue weighted by atomic mass is 79.9. The lowest BCUT2D eigenvalue weighted by atomic mass is 10.1. The Labute approximate surface area is 164 Å². The van der Waals surface area contributed by atoms with Crippen molar-refractivity contribution in [1.82, 2.24) is 14.9 Å². The fourth-order valence-corrected chi connectivity index (χ4v) is 3.52. The van der Waals surface area contributed by atoms with E-state index in [1.54, 1.807) is 23.5 Å². The maximum Gasteiger partial charge on any atom is 0.212 e. The molecule has 0 aliphatic carbocycles. The van der Waals surface area contributed by atoms with Crippen LogP contribution in [0.15, 0.2) is 58.8 Å². The van der Waals surface area contributed by atoms with Gasteiger partial charge in [0.05, 0.1) is 17.8 Å². The summed E-state index contributed by atoms with van der Waals surface area (Å²) >= 11 is 7.90. The van der Waals surface area contributed by atoms with E-state index in [4.69, 9.17) is 21.4 Å². The number of hydrogen-bond acceptors (Lipinski definition) is 5. The summed E-state index contributed by atoms with van der Waals surface area (Å²) in [5.74, 6) is 2.21. The Kier molecular flexibility index (Phi) is 5.46. The van der Waals surface area contributed by atoms with Crippen molar-refractivity contribution in [3.63, 3.8) is 0 Å². The van der Waals surface area contributed by atoms with Gasteiger partial charge in [0.15, 0.2) is 5.82 Å². The van der Waals surface area contributed by atoms with Gasteiger partial charge in [-0.05, 0) is 42.0 Å². The van der Waals surface area contributed by atoms with Crippen molar-refractivity contribution >= 4 is 46.1 Å². The number of halogens is 2. The van der Waals surface area contributed by atoms with Crippen LogP contribution in [0.3, 0.4) is 0 Å². The van der Waals surface area contributed by atoms with E-state index >= 15 is 0 Å². The van der Waals surface area contributed by atoms with Crippen LogP contribution in [0.1, 0.15) is 5.56 Å². The maximum absolute atomic E-state index is 6.29. The summed E-state index contributed by atoms with van der Waals surface area (Å²) < 4.78 is 6.96. The Balaban J connectivity index is 0.00000182. The molecule has 3 aromatic rings. The first-order valence-electron chi connectivity index (χ1n) is 7.31. The number of thioether (sulfide) groups is 1. The van der Waals surface area contributed by atoms with Gasteiger partial charge < -0.3 is 4.74 Å². The third-order valence-electron chi connectivity index (χ3n) is 3.71. The highest BCUT2D eigenvalue weighted by Crippen LogP contribution is 2.31. The predicted octanol–water partition coefficient (Wildman–Crippen LogP) is 4.54. The molecule has 0 amide bonds. The van der Waals surface area contributed by atoms with E-state index in [1.807, 2.05) is 48.5 Å². The van der Waals surface area contributed by atoms with Gasteiger partial charge in [-0.2, -0.15) is 9.78 Å². The number of ether oxygens (including phenoxy) is 1. The average Bonchev–Trinajstić information content (AvgIpc) is 3.05. The highest BCUT2D eigenvalue weighted by Gasteiger charge is 2.21. The molecule has 1 aromatic heterocycles. The quantitative estimate of drug-likeness (QED) is 0.603. The summed E-state index contributed by atoms with van der Waals surface area (Å²) in [7, 11) is 1.66. The monoisotopic (exact) mass is 436 g/mol. The van der Waals surface area contributed by atoms with Gasteiger partial charge in [0.25, 0.3) is 0 Å². The normalized spacial score (nSPS) is 12.8. The molecule has 128 valence electrons. The summed E-state index contributed by atoms with van der Waals surface area (Å²) in [6, 6.07) is 15.4. The standard InChI is InChI=1S/C17H13ClN4OS.BrH/c1-23-12-8-6-11(7-9-12)15-10-24-17-20-19-16(22(17)21-15)13-4-2-3-5-14(13)18;/h2-9H,10H2,1H3;1H. The van der Waals surface area contributed by atoms with E-state index in [0.29, 0.717) is 10.8 Å². The van der Waals surface area contributed by atoms with E-state index in [-0.39, 0.29) is 17.0 Å². The molecule has 4 rings (SSSR count). The second-order valence-corrected chi connectivity index (χ2v) is 6.51. The van der Waals surface area contributed by atoms with Crippen LogP contribution in [0.4, 0.5) is 0 Å². The second-order valence-electron chi connectivity index (χ2n) is 5.16. The Bertz CT molecular complexity index is 927. The Hall–Kier alpha value is -1.83. The number of aromatic nitrogens is 3. The van der Waals surface area contributed by atoms with E-state index < -0.39 is 0 Å². The number of nitrogens with zero attached hydrogens (tertiary/aromatic N) is 4. The zero-order valence-electron chi connectivity index (χ0n) is 13.2. The second kappa shape index (κ2) is 7.59. The summed E-state index contributed by atoms with van der Waals surface area (Å²) in [6.07, 6.45) is 0. The minimum absolute atomic E-state index is 0. The van der Waals surface area contributed by atoms with Gasteiger partial charge in [0.1, 0.15) is 5.75 Å². The van der Waals surface area contributed by atoms with E-state index in [1.165, 1.54) is 0 Å². The first kappa shape index (κ1) is 18.0. The fraction of sp³-hybridized carbons (Fsp3) is 0.118. The molecule has 25 heavy (non-hydrogen) atoms. The summed E-state index contributed by atoms with van der Waals surface area (Å²) in [5, 5.41) is 14.6. The fourth-order valence-electron chi connectivity index (χ4n) is 2.46. The summed E-state index contributed by atoms with van der Waals surface area (Å²) in [4.78, 5) is 0. The smallest absolute Gasteiger partial charge is 0.212 e. The molecule has 0 saturated heterocycles. The van der Waals surface area contributed by atoms with Crippen LogP contribution in [0.5, 0.6) is 5.75 Å². The van der Waals surface area contributed by atoms with E-state index in [9.17, 15) is 0 Å². The number of fused-ring (bicyclic) bond motifs is 1. The number of methoxy groups -OCH3 is 1. The van der Waals surface area contributed by atoms with Gasteiger partial charge in [-0.3, -0.25) is 0 Å². The molecule has 0 N–H and O–H groups in total. The SMILES string of the molecule is Br.COc1ccc(C2=Nn3c(nnc3-c3ccccc3Cl)SC2)cc1. The Morgan fingerprint density at radius 2 is 1.84 bits per heavy atom. The molecule has 5 nitrogen and oxygen atoms in total. The molecule has 0 bridgehead atoms. The Morgan fingerprint density at radius 1 is 1.08 bits per heavy atom. The van der Waals surface area contributed by atoms with Gasteiger partial charge in [-0.15, -0.1) is 27.2 Å². The minimum atomic E-state index is 0. The third kappa shape index (κ3) is 3.44. The summed E-state index contributed by atoms with van der Waals surface area (Å²) in [5.41, 5.74) is 2.83. The molecule has 0 saturated carbocycles. The van der Waals surface area contributed by atoms with Gasteiger partial charge in [-0.1, -0.05) is 35.5 Å². The van der Waals surface area contributed by atoms with Crippen molar-refractivity contribution in [3.8, 4) is 17.1 Å². The molecule has 2 aromatic carbocycles. The predicted molar refractivity (Wildman–Crippen MR) is 106 cm³/mol. The van der Waals surface area contributed by atoms with Crippen LogP contribution in [-0.4, -0.2) is 33.4 Å². The molecule has 0 radical (unpaired) electrons. The lowest BCUT2D eigenvalue weighted by molar-refractivity contribution is 0.415. The minimum Gasteiger partial charge on any atom is -0.497 e. The maximum atomic E-state index is 6.29. The molecule has 0 spiro atoms. The largest absolute Gasteiger partial charge is 0.497 e. The molecule has 0 atom stereocenters. The van der Waals surface area contributed by atoms with Gasteiger partial charge in [-0.25, -0.2) is 0 Å². The topological polar surface area (TPSA) is 52.3 Å². The zero-order chi connectivity index (χ0) is 16.5. The zero-order valence-corrected chi connectivity index (χ0v) is 16.5. The molecule has 0 fully saturated rings. The van der Waals surface area contributed by atoms with Crippen LogP contribution in [0.25, 0.3) is 11.4 Å². The van der Waals surface area contributed by atoms with Crippen LogP contribution in [0, 0.1) is 0 Å². The first-order chi connectivity index (χ1) is 11.8. The van der Waals surface area contributed by atoms with Crippen LogP contribution in [0.2, 0.25) is 5.02 Å². The molecular formula is C17H14BrClN4OS. The number of benzene rings is 2. The number of rotatable bonds is 3. The highest BCUT2D eigenvalue weighted by molar-refractivity contribution is 8.93.